The van der Waals surface area contributed by atoms with Gasteiger partial charge in [-0.1, -0.05) is 24.6 Å². The molecule has 15 heavy (non-hydrogen) atoms. The highest BCUT2D eigenvalue weighted by Crippen LogP contribution is 2.24. The molecule has 0 aliphatic carbocycles. The second kappa shape index (κ2) is 5.41. The Balaban J connectivity index is 3.02. The van der Waals surface area contributed by atoms with Gasteiger partial charge in [0.1, 0.15) is 0 Å². The number of benzene rings is 1. The number of alkyl halides is 1. The van der Waals surface area contributed by atoms with Crippen molar-refractivity contribution < 1.29 is 0 Å². The molecule has 0 aromatic heterocycles. The molecule has 1 atom stereocenters. The topological polar surface area (TPSA) is 3.24 Å². The van der Waals surface area contributed by atoms with Crippen molar-refractivity contribution >= 4 is 17.3 Å². The highest BCUT2D eigenvalue weighted by Gasteiger charge is 2.11. The highest BCUT2D eigenvalue weighted by molar-refractivity contribution is 6.17. The average molecular weight is 226 g/mol. The molecule has 0 heterocycles. The summed E-state index contributed by atoms with van der Waals surface area (Å²) in [5.41, 5.74) is 3.75. The van der Waals surface area contributed by atoms with E-state index < -0.39 is 0 Å². The van der Waals surface area contributed by atoms with E-state index in [-0.39, 0.29) is 0 Å². The zero-order chi connectivity index (χ0) is 11.4. The molecule has 0 N–H and O–H groups in total. The summed E-state index contributed by atoms with van der Waals surface area (Å²) < 4.78 is 0. The Kier molecular flexibility index (Phi) is 4.46. The van der Waals surface area contributed by atoms with Crippen LogP contribution in [0.15, 0.2) is 18.2 Å². The van der Waals surface area contributed by atoms with Crippen molar-refractivity contribution in [2.24, 2.45) is 0 Å². The number of hydrogen-bond acceptors (Lipinski definition) is 1. The minimum absolute atomic E-state index is 0.551. The van der Waals surface area contributed by atoms with E-state index in [1.807, 2.05) is 0 Å². The first-order chi connectivity index (χ1) is 7.10. The maximum atomic E-state index is 5.97. The molecule has 0 bridgehead atoms. The normalized spacial score (nSPS) is 12.6. The molecule has 1 aromatic rings. The number of anilines is 1. The fourth-order valence-electron chi connectivity index (χ4n) is 1.68. The standard InChI is InChI=1S/C13H20ClN/c1-5-11(3)15(4)13-7-6-10(2)8-12(13)9-14/h6-8,11H,5,9H2,1-4H3. The van der Waals surface area contributed by atoms with Gasteiger partial charge in [-0.15, -0.1) is 11.6 Å². The third kappa shape index (κ3) is 2.88. The van der Waals surface area contributed by atoms with Crippen molar-refractivity contribution in [2.75, 3.05) is 11.9 Å². The summed E-state index contributed by atoms with van der Waals surface area (Å²) in [5.74, 6) is 0.581. The molecule has 0 saturated carbocycles. The summed E-state index contributed by atoms with van der Waals surface area (Å²) in [5, 5.41) is 0. The number of hydrogen-bond donors (Lipinski definition) is 0. The molecule has 84 valence electrons. The molecule has 0 aliphatic heterocycles. The van der Waals surface area contributed by atoms with E-state index in [1.165, 1.54) is 16.8 Å². The number of aryl methyl sites for hydroxylation is 1. The monoisotopic (exact) mass is 225 g/mol. The van der Waals surface area contributed by atoms with Crippen LogP contribution >= 0.6 is 11.6 Å². The lowest BCUT2D eigenvalue weighted by atomic mass is 10.1. The fourth-order valence-corrected chi connectivity index (χ4v) is 1.89. The molecule has 1 unspecified atom stereocenters. The SMILES string of the molecule is CCC(C)N(C)c1ccc(C)cc1CCl. The molecular weight excluding hydrogens is 206 g/mol. The second-order valence-electron chi connectivity index (χ2n) is 4.13. The van der Waals surface area contributed by atoms with Gasteiger partial charge in [-0.25, -0.2) is 0 Å². The third-order valence-corrected chi connectivity index (χ3v) is 3.30. The van der Waals surface area contributed by atoms with E-state index in [1.54, 1.807) is 0 Å². The van der Waals surface area contributed by atoms with Crippen LogP contribution in [0.2, 0.25) is 0 Å². The van der Waals surface area contributed by atoms with E-state index in [9.17, 15) is 0 Å². The van der Waals surface area contributed by atoms with Crippen molar-refractivity contribution in [1.82, 2.24) is 0 Å². The van der Waals surface area contributed by atoms with Crippen LogP contribution in [0.4, 0.5) is 5.69 Å². The predicted molar refractivity (Wildman–Crippen MR) is 68.9 cm³/mol. The maximum absolute atomic E-state index is 5.97. The van der Waals surface area contributed by atoms with Gasteiger partial charge in [0, 0.05) is 24.7 Å². The maximum Gasteiger partial charge on any atom is 0.0494 e. The Morgan fingerprint density at radius 1 is 1.40 bits per heavy atom. The Morgan fingerprint density at radius 3 is 2.60 bits per heavy atom. The van der Waals surface area contributed by atoms with Crippen molar-refractivity contribution in [3.63, 3.8) is 0 Å². The summed E-state index contributed by atoms with van der Waals surface area (Å²) in [6.45, 7) is 6.54. The van der Waals surface area contributed by atoms with E-state index in [0.717, 1.165) is 6.42 Å². The van der Waals surface area contributed by atoms with Crippen LogP contribution in [0.1, 0.15) is 31.4 Å². The minimum Gasteiger partial charge on any atom is -0.372 e. The van der Waals surface area contributed by atoms with E-state index in [0.29, 0.717) is 11.9 Å². The minimum atomic E-state index is 0.551. The number of halogens is 1. The molecule has 0 aliphatic rings. The first-order valence-corrected chi connectivity index (χ1v) is 6.02. The van der Waals surface area contributed by atoms with Crippen LogP contribution in [0.3, 0.4) is 0 Å². The molecule has 0 fully saturated rings. The molecule has 2 heteroatoms. The van der Waals surface area contributed by atoms with Gasteiger partial charge in [-0.05, 0) is 31.9 Å². The van der Waals surface area contributed by atoms with Gasteiger partial charge in [0.2, 0.25) is 0 Å². The molecule has 0 saturated heterocycles. The zero-order valence-electron chi connectivity index (χ0n) is 10.0. The van der Waals surface area contributed by atoms with Crippen molar-refractivity contribution in [3.8, 4) is 0 Å². The summed E-state index contributed by atoms with van der Waals surface area (Å²) in [4.78, 5) is 2.30. The fraction of sp³-hybridized carbons (Fsp3) is 0.538. The van der Waals surface area contributed by atoms with Gasteiger partial charge < -0.3 is 4.90 Å². The lowest BCUT2D eigenvalue weighted by Crippen LogP contribution is -2.28. The van der Waals surface area contributed by atoms with Gasteiger partial charge in [0.05, 0.1) is 0 Å². The quantitative estimate of drug-likeness (QED) is 0.701. The van der Waals surface area contributed by atoms with Crippen molar-refractivity contribution in [3.05, 3.63) is 29.3 Å². The summed E-state index contributed by atoms with van der Waals surface area (Å²) in [7, 11) is 2.13. The van der Waals surface area contributed by atoms with Gasteiger partial charge in [0.15, 0.2) is 0 Å². The van der Waals surface area contributed by atoms with Gasteiger partial charge in [-0.3, -0.25) is 0 Å². The van der Waals surface area contributed by atoms with Crippen LogP contribution in [-0.4, -0.2) is 13.1 Å². The Labute approximate surface area is 98.0 Å². The van der Waals surface area contributed by atoms with Crippen LogP contribution in [-0.2, 0) is 5.88 Å². The Hall–Kier alpha value is -0.690. The van der Waals surface area contributed by atoms with E-state index in [4.69, 9.17) is 11.6 Å². The lowest BCUT2D eigenvalue weighted by molar-refractivity contribution is 0.662. The van der Waals surface area contributed by atoms with Gasteiger partial charge in [0.25, 0.3) is 0 Å². The van der Waals surface area contributed by atoms with E-state index in [2.05, 4.69) is 50.9 Å². The number of rotatable bonds is 4. The van der Waals surface area contributed by atoms with Gasteiger partial charge >= 0.3 is 0 Å². The van der Waals surface area contributed by atoms with E-state index >= 15 is 0 Å². The largest absolute Gasteiger partial charge is 0.372 e. The molecular formula is C13H20ClN. The smallest absolute Gasteiger partial charge is 0.0494 e. The average Bonchev–Trinajstić information content (AvgIpc) is 2.26. The first kappa shape index (κ1) is 12.4. The summed E-state index contributed by atoms with van der Waals surface area (Å²) >= 11 is 5.97. The second-order valence-corrected chi connectivity index (χ2v) is 4.40. The molecule has 1 aromatic carbocycles. The number of nitrogens with zero attached hydrogens (tertiary/aromatic N) is 1. The van der Waals surface area contributed by atoms with Crippen LogP contribution in [0.5, 0.6) is 0 Å². The molecule has 0 spiro atoms. The summed E-state index contributed by atoms with van der Waals surface area (Å²) in [6.07, 6.45) is 1.14. The van der Waals surface area contributed by atoms with Crippen molar-refractivity contribution in [2.45, 2.75) is 39.1 Å². The van der Waals surface area contributed by atoms with Crippen LogP contribution < -0.4 is 4.90 Å². The lowest BCUT2D eigenvalue weighted by Gasteiger charge is -2.28. The zero-order valence-corrected chi connectivity index (χ0v) is 10.8. The Morgan fingerprint density at radius 2 is 2.07 bits per heavy atom. The molecule has 1 nitrogen and oxygen atoms in total. The molecule has 0 radical (unpaired) electrons. The molecule has 1 rings (SSSR count). The molecule has 0 amide bonds. The van der Waals surface area contributed by atoms with Crippen LogP contribution in [0, 0.1) is 6.92 Å². The third-order valence-electron chi connectivity index (χ3n) is 3.01. The highest BCUT2D eigenvalue weighted by atomic mass is 35.5. The van der Waals surface area contributed by atoms with Gasteiger partial charge in [-0.2, -0.15) is 0 Å². The summed E-state index contributed by atoms with van der Waals surface area (Å²) in [6, 6.07) is 7.03. The first-order valence-electron chi connectivity index (χ1n) is 5.48. The van der Waals surface area contributed by atoms with Crippen molar-refractivity contribution in [1.29, 1.82) is 0 Å². The predicted octanol–water partition coefficient (Wildman–Crippen LogP) is 3.97. The van der Waals surface area contributed by atoms with Crippen LogP contribution in [0.25, 0.3) is 0 Å². The Bertz CT molecular complexity index is 322.